The zero-order valence-electron chi connectivity index (χ0n) is 14.7. The molecule has 0 radical (unpaired) electrons. The van der Waals surface area contributed by atoms with Crippen LogP contribution in [-0.4, -0.2) is 53.9 Å². The summed E-state index contributed by atoms with van der Waals surface area (Å²) in [7, 11) is 1.90. The highest BCUT2D eigenvalue weighted by molar-refractivity contribution is 6.30. The number of carbonyl (C=O) groups is 1. The summed E-state index contributed by atoms with van der Waals surface area (Å²) in [6.45, 7) is 4.09. The molecule has 1 atom stereocenters. The van der Waals surface area contributed by atoms with Crippen molar-refractivity contribution >= 4 is 17.5 Å². The minimum absolute atomic E-state index is 0.0725. The van der Waals surface area contributed by atoms with Gasteiger partial charge in [0.05, 0.1) is 0 Å². The minimum Gasteiger partial charge on any atom is -0.357 e. The smallest absolute Gasteiger partial charge is 0.270 e. The first-order valence-corrected chi connectivity index (χ1v) is 9.35. The van der Waals surface area contributed by atoms with Crippen LogP contribution in [0.15, 0.2) is 42.6 Å². The van der Waals surface area contributed by atoms with Crippen LogP contribution in [0.4, 0.5) is 0 Å². The van der Waals surface area contributed by atoms with Crippen LogP contribution >= 0.6 is 11.6 Å². The van der Waals surface area contributed by atoms with Gasteiger partial charge in [0.1, 0.15) is 5.69 Å². The normalized spacial score (nSPS) is 18.2. The predicted molar refractivity (Wildman–Crippen MR) is 102 cm³/mol. The monoisotopic (exact) mass is 359 g/mol. The van der Waals surface area contributed by atoms with E-state index in [1.807, 2.05) is 36.2 Å². The quantitative estimate of drug-likeness (QED) is 0.854. The van der Waals surface area contributed by atoms with Gasteiger partial charge < -0.3 is 14.8 Å². The molecule has 25 heavy (non-hydrogen) atoms. The van der Waals surface area contributed by atoms with E-state index in [4.69, 9.17) is 11.6 Å². The number of piperidine rings is 1. The fraction of sp³-hybridized carbons (Fsp3) is 0.450. The molecule has 134 valence electrons. The molecule has 2 aromatic rings. The average Bonchev–Trinajstić information content (AvgIpc) is 3.15. The largest absolute Gasteiger partial charge is 0.357 e. The zero-order chi connectivity index (χ0) is 17.6. The Kier molecular flexibility index (Phi) is 6.16. The Morgan fingerprint density at radius 3 is 2.84 bits per heavy atom. The molecule has 3 rings (SSSR count). The van der Waals surface area contributed by atoms with Gasteiger partial charge >= 0.3 is 0 Å². The third kappa shape index (κ3) is 5.10. The van der Waals surface area contributed by atoms with Crippen molar-refractivity contribution in [1.82, 2.24) is 14.8 Å². The Balaban J connectivity index is 1.47. The van der Waals surface area contributed by atoms with Crippen LogP contribution in [0, 0.1) is 5.92 Å². The van der Waals surface area contributed by atoms with Gasteiger partial charge in [-0.1, -0.05) is 23.7 Å². The summed E-state index contributed by atoms with van der Waals surface area (Å²) >= 11 is 5.95. The van der Waals surface area contributed by atoms with E-state index in [0.717, 1.165) is 37.6 Å². The fourth-order valence-corrected chi connectivity index (χ4v) is 3.71. The first-order valence-electron chi connectivity index (χ1n) is 8.97. The van der Waals surface area contributed by atoms with Gasteiger partial charge in [0, 0.05) is 37.9 Å². The molecule has 1 aromatic carbocycles. The van der Waals surface area contributed by atoms with E-state index in [9.17, 15) is 4.79 Å². The summed E-state index contributed by atoms with van der Waals surface area (Å²) in [5.41, 5.74) is 1.99. The van der Waals surface area contributed by atoms with Crippen molar-refractivity contribution < 1.29 is 4.79 Å². The number of amides is 1. The van der Waals surface area contributed by atoms with Crippen LogP contribution in [-0.2, 0) is 6.42 Å². The summed E-state index contributed by atoms with van der Waals surface area (Å²) in [4.78, 5) is 19.7. The number of carbonyl (C=O) groups excluding carboxylic acids is 1. The maximum atomic E-state index is 12.4. The van der Waals surface area contributed by atoms with E-state index in [1.165, 1.54) is 18.4 Å². The van der Waals surface area contributed by atoms with Crippen LogP contribution in [0.1, 0.15) is 28.9 Å². The molecule has 1 amide bonds. The summed E-state index contributed by atoms with van der Waals surface area (Å²) in [5.74, 6) is 0.617. The molecule has 1 saturated heterocycles. The van der Waals surface area contributed by atoms with Crippen LogP contribution in [0.3, 0.4) is 0 Å². The fourth-order valence-electron chi connectivity index (χ4n) is 3.58. The number of hydrogen-bond donors (Lipinski definition) is 1. The molecule has 1 N–H and O–H groups in total. The van der Waals surface area contributed by atoms with Gasteiger partial charge in [0.15, 0.2) is 0 Å². The van der Waals surface area contributed by atoms with Gasteiger partial charge in [-0.25, -0.2) is 0 Å². The minimum atomic E-state index is 0.0725. The van der Waals surface area contributed by atoms with Gasteiger partial charge in [0.25, 0.3) is 5.91 Å². The second kappa shape index (κ2) is 8.54. The van der Waals surface area contributed by atoms with Gasteiger partial charge in [-0.15, -0.1) is 0 Å². The van der Waals surface area contributed by atoms with E-state index >= 15 is 0 Å². The molecule has 0 saturated carbocycles. The average molecular weight is 360 g/mol. The molecule has 5 heteroatoms. The lowest BCUT2D eigenvalue weighted by molar-refractivity contribution is 0.0725. The lowest BCUT2D eigenvalue weighted by Crippen LogP contribution is -2.42. The maximum absolute atomic E-state index is 12.4. The van der Waals surface area contributed by atoms with Crippen LogP contribution < -0.4 is 0 Å². The van der Waals surface area contributed by atoms with Crippen molar-refractivity contribution in [3.05, 3.63) is 58.9 Å². The van der Waals surface area contributed by atoms with E-state index in [2.05, 4.69) is 22.0 Å². The molecular weight excluding hydrogens is 334 g/mol. The van der Waals surface area contributed by atoms with Crippen molar-refractivity contribution in [3.63, 3.8) is 0 Å². The number of rotatable bonds is 6. The molecule has 1 aliphatic rings. The van der Waals surface area contributed by atoms with E-state index in [-0.39, 0.29) is 5.91 Å². The number of hydrogen-bond acceptors (Lipinski definition) is 2. The molecule has 0 unspecified atom stereocenters. The Labute approximate surface area is 154 Å². The third-order valence-electron chi connectivity index (χ3n) is 4.94. The van der Waals surface area contributed by atoms with Gasteiger partial charge in [-0.2, -0.15) is 0 Å². The Morgan fingerprint density at radius 1 is 1.32 bits per heavy atom. The first kappa shape index (κ1) is 18.0. The molecular formula is C20H26ClN3O. The van der Waals surface area contributed by atoms with Gasteiger partial charge in [-0.3, -0.25) is 4.79 Å². The summed E-state index contributed by atoms with van der Waals surface area (Å²) in [6.07, 6.45) is 5.23. The number of halogens is 1. The van der Waals surface area contributed by atoms with Gasteiger partial charge in [0.2, 0.25) is 0 Å². The molecule has 1 fully saturated rings. The highest BCUT2D eigenvalue weighted by Gasteiger charge is 2.23. The maximum Gasteiger partial charge on any atom is 0.270 e. The molecule has 2 heterocycles. The molecule has 0 bridgehead atoms. The van der Waals surface area contributed by atoms with Crippen LogP contribution in [0.25, 0.3) is 0 Å². The lowest BCUT2D eigenvalue weighted by Gasteiger charge is -2.34. The number of H-pyrrole nitrogens is 1. The van der Waals surface area contributed by atoms with E-state index in [0.29, 0.717) is 11.6 Å². The van der Waals surface area contributed by atoms with Crippen molar-refractivity contribution in [2.24, 2.45) is 5.92 Å². The second-order valence-electron chi connectivity index (χ2n) is 6.95. The number of nitrogens with one attached hydrogen (secondary N) is 1. The van der Waals surface area contributed by atoms with E-state index in [1.54, 1.807) is 6.20 Å². The topological polar surface area (TPSA) is 39.3 Å². The molecule has 4 nitrogen and oxygen atoms in total. The number of likely N-dealkylation sites (tertiary alicyclic amines) is 1. The number of nitrogens with zero attached hydrogens (tertiary/aromatic N) is 2. The first-order chi connectivity index (χ1) is 12.1. The third-order valence-corrected chi connectivity index (χ3v) is 5.19. The van der Waals surface area contributed by atoms with Crippen molar-refractivity contribution in [3.8, 4) is 0 Å². The SMILES string of the molecule is CN(C[C@@H]1CCCN(CCc2ccc(Cl)cc2)C1)C(=O)c1ccc[nH]1. The molecule has 0 aliphatic carbocycles. The Bertz CT molecular complexity index is 669. The standard InChI is InChI=1S/C20H26ClN3O/c1-23(20(25)19-5-2-11-22-19)14-17-4-3-12-24(15-17)13-10-16-6-8-18(21)9-7-16/h2,5-9,11,17,22H,3-4,10,12-15H2,1H3/t17-/m0/s1. The zero-order valence-corrected chi connectivity index (χ0v) is 15.5. The van der Waals surface area contributed by atoms with Crippen LogP contribution in [0.2, 0.25) is 5.02 Å². The van der Waals surface area contributed by atoms with E-state index < -0.39 is 0 Å². The number of aromatic nitrogens is 1. The molecule has 0 spiro atoms. The number of aromatic amines is 1. The summed E-state index contributed by atoms with van der Waals surface area (Å²) in [6, 6.07) is 11.8. The summed E-state index contributed by atoms with van der Waals surface area (Å²) < 4.78 is 0. The number of benzene rings is 1. The molecule has 1 aromatic heterocycles. The second-order valence-corrected chi connectivity index (χ2v) is 7.39. The van der Waals surface area contributed by atoms with Crippen molar-refractivity contribution in [2.75, 3.05) is 33.2 Å². The Hall–Kier alpha value is -1.78. The predicted octanol–water partition coefficient (Wildman–Crippen LogP) is 3.69. The summed E-state index contributed by atoms with van der Waals surface area (Å²) in [5, 5.41) is 0.788. The van der Waals surface area contributed by atoms with Gasteiger partial charge in [-0.05, 0) is 61.6 Å². The van der Waals surface area contributed by atoms with Crippen LogP contribution in [0.5, 0.6) is 0 Å². The van der Waals surface area contributed by atoms with Crippen molar-refractivity contribution in [1.29, 1.82) is 0 Å². The highest BCUT2D eigenvalue weighted by Crippen LogP contribution is 2.19. The lowest BCUT2D eigenvalue weighted by atomic mass is 9.97. The highest BCUT2D eigenvalue weighted by atomic mass is 35.5. The Morgan fingerprint density at radius 2 is 2.12 bits per heavy atom. The van der Waals surface area contributed by atoms with Crippen molar-refractivity contribution in [2.45, 2.75) is 19.3 Å². The molecule has 1 aliphatic heterocycles.